The van der Waals surface area contributed by atoms with Gasteiger partial charge in [0.1, 0.15) is 16.7 Å². The van der Waals surface area contributed by atoms with E-state index in [1.807, 2.05) is 72.8 Å². The van der Waals surface area contributed by atoms with Crippen molar-refractivity contribution in [3.8, 4) is 56.7 Å². The van der Waals surface area contributed by atoms with Gasteiger partial charge < -0.3 is 8.83 Å². The zero-order chi connectivity index (χ0) is 41.5. The molecular weight excluding hydrogens is 773 g/mol. The Kier molecular flexibility index (Phi) is 7.72. The highest BCUT2D eigenvalue weighted by molar-refractivity contribution is 6.27. The minimum absolute atomic E-state index is 0.509. The van der Waals surface area contributed by atoms with E-state index in [1.54, 1.807) is 0 Å². The van der Waals surface area contributed by atoms with Crippen LogP contribution < -0.4 is 0 Å². The van der Waals surface area contributed by atoms with E-state index < -0.39 is 5.41 Å². The number of oxazole rings is 1. The molecule has 63 heavy (non-hydrogen) atoms. The largest absolute Gasteiger partial charge is 0.455 e. The smallest absolute Gasteiger partial charge is 0.227 e. The van der Waals surface area contributed by atoms with E-state index in [9.17, 15) is 0 Å². The third kappa shape index (κ3) is 5.31. The van der Waals surface area contributed by atoms with Crippen molar-refractivity contribution in [2.75, 3.05) is 0 Å². The van der Waals surface area contributed by atoms with E-state index in [1.165, 1.54) is 27.8 Å². The van der Waals surface area contributed by atoms with Crippen molar-refractivity contribution in [3.05, 3.63) is 229 Å². The van der Waals surface area contributed by atoms with Crippen molar-refractivity contribution in [3.63, 3.8) is 0 Å². The molecule has 0 radical (unpaired) electrons. The van der Waals surface area contributed by atoms with Gasteiger partial charge in [-0.25, -0.2) is 19.9 Å². The van der Waals surface area contributed by atoms with E-state index in [0.717, 1.165) is 54.9 Å². The van der Waals surface area contributed by atoms with Crippen LogP contribution in [0.2, 0.25) is 0 Å². The van der Waals surface area contributed by atoms with Crippen LogP contribution >= 0.6 is 0 Å². The second kappa shape index (κ2) is 13.8. The molecule has 0 atom stereocenters. The Hall–Kier alpha value is -8.48. The molecule has 0 spiro atoms. The molecule has 6 nitrogen and oxygen atoms in total. The Balaban J connectivity index is 1.06. The van der Waals surface area contributed by atoms with Crippen LogP contribution in [-0.2, 0) is 5.41 Å². The monoisotopic (exact) mass is 806 g/mol. The van der Waals surface area contributed by atoms with Crippen molar-refractivity contribution >= 4 is 43.8 Å². The minimum Gasteiger partial charge on any atom is -0.455 e. The lowest BCUT2D eigenvalue weighted by molar-refractivity contribution is 0.619. The van der Waals surface area contributed by atoms with Gasteiger partial charge in [-0.1, -0.05) is 170 Å². The standard InChI is InChI=1S/C57H34N4O2/c1-4-17-35(18-5-1)53-59-54(38-22-16-25-40(33-38)57(39-23-8-3-9-24-39)45-29-14-12-27-42(45)43-28-13-15-30-46(43)57)61-55(60-53)44-34-37-21-10-11-26-41(37)49-50-47(62-52(44)49)31-32-48-51(50)58-56(63-48)36-19-6-2-7-20-36/h1-34H. The molecular formula is C57H34N4O2. The van der Waals surface area contributed by atoms with E-state index in [-0.39, 0.29) is 0 Å². The number of furan rings is 1. The first-order chi connectivity index (χ1) is 31.2. The Morgan fingerprint density at radius 2 is 0.937 bits per heavy atom. The molecule has 9 aromatic carbocycles. The molecule has 3 aromatic heterocycles. The summed E-state index contributed by atoms with van der Waals surface area (Å²) >= 11 is 0. The maximum atomic E-state index is 6.89. The molecule has 0 aliphatic heterocycles. The maximum Gasteiger partial charge on any atom is 0.227 e. The third-order valence-corrected chi connectivity index (χ3v) is 12.6. The predicted octanol–water partition coefficient (Wildman–Crippen LogP) is 14.1. The van der Waals surface area contributed by atoms with Crippen LogP contribution in [0.25, 0.3) is 101 Å². The Bertz CT molecular complexity index is 3700. The molecule has 0 bridgehead atoms. The van der Waals surface area contributed by atoms with Gasteiger partial charge in [-0.15, -0.1) is 0 Å². The highest BCUT2D eigenvalue weighted by atomic mass is 16.4. The Labute approximate surface area is 361 Å². The van der Waals surface area contributed by atoms with Crippen molar-refractivity contribution in [1.82, 2.24) is 19.9 Å². The molecule has 1 aliphatic rings. The van der Waals surface area contributed by atoms with Gasteiger partial charge in [0.2, 0.25) is 5.89 Å². The topological polar surface area (TPSA) is 77.8 Å². The summed E-state index contributed by atoms with van der Waals surface area (Å²) in [6, 6.07) is 71.7. The summed E-state index contributed by atoms with van der Waals surface area (Å²) in [5, 5.41) is 3.89. The SMILES string of the molecule is c1ccc(-c2nc(-c3cccc(C4(c5ccccc5)c5ccccc5-c5ccccc54)c3)nc(-c3cc4ccccc4c4c3oc3ccc5oc(-c6ccccc6)nc5c34)n2)cc1. The van der Waals surface area contributed by atoms with E-state index in [4.69, 9.17) is 28.8 Å². The average molecular weight is 807 g/mol. The van der Waals surface area contributed by atoms with Gasteiger partial charge in [-0.3, -0.25) is 0 Å². The van der Waals surface area contributed by atoms with Gasteiger partial charge in [0, 0.05) is 22.1 Å². The number of hydrogen-bond donors (Lipinski definition) is 0. The highest BCUT2D eigenvalue weighted by Gasteiger charge is 2.46. The van der Waals surface area contributed by atoms with E-state index in [2.05, 4.69) is 133 Å². The molecule has 0 unspecified atom stereocenters. The van der Waals surface area contributed by atoms with Gasteiger partial charge in [-0.2, -0.15) is 0 Å². The number of rotatable bonds is 6. The van der Waals surface area contributed by atoms with Crippen LogP contribution in [0.15, 0.2) is 215 Å². The van der Waals surface area contributed by atoms with Crippen molar-refractivity contribution in [1.29, 1.82) is 0 Å². The maximum absolute atomic E-state index is 6.89. The first kappa shape index (κ1) is 35.3. The molecule has 13 rings (SSSR count). The lowest BCUT2D eigenvalue weighted by Crippen LogP contribution is -2.28. The average Bonchev–Trinajstić information content (AvgIpc) is 4.06. The fraction of sp³-hybridized carbons (Fsp3) is 0.0175. The molecule has 0 fully saturated rings. The van der Waals surface area contributed by atoms with Crippen LogP contribution in [0, 0.1) is 0 Å². The summed E-state index contributed by atoms with van der Waals surface area (Å²) in [5.74, 6) is 2.20. The summed E-state index contributed by atoms with van der Waals surface area (Å²) in [4.78, 5) is 20.9. The minimum atomic E-state index is -0.575. The van der Waals surface area contributed by atoms with Crippen LogP contribution in [0.4, 0.5) is 0 Å². The van der Waals surface area contributed by atoms with Gasteiger partial charge in [0.05, 0.1) is 16.4 Å². The van der Waals surface area contributed by atoms with Crippen LogP contribution in [-0.4, -0.2) is 19.9 Å². The number of benzene rings is 9. The number of fused-ring (bicyclic) bond motifs is 10. The molecule has 294 valence electrons. The van der Waals surface area contributed by atoms with E-state index in [0.29, 0.717) is 40.1 Å². The van der Waals surface area contributed by atoms with Gasteiger partial charge in [0.25, 0.3) is 0 Å². The molecule has 0 saturated heterocycles. The zero-order valence-electron chi connectivity index (χ0n) is 33.7. The molecule has 0 saturated carbocycles. The summed E-state index contributed by atoms with van der Waals surface area (Å²) in [7, 11) is 0. The normalized spacial score (nSPS) is 12.9. The lowest BCUT2D eigenvalue weighted by atomic mass is 9.67. The first-order valence-corrected chi connectivity index (χ1v) is 21.1. The van der Waals surface area contributed by atoms with Crippen molar-refractivity contribution in [2.45, 2.75) is 5.41 Å². The molecule has 1 aliphatic carbocycles. The van der Waals surface area contributed by atoms with Crippen molar-refractivity contribution < 1.29 is 8.83 Å². The Morgan fingerprint density at radius 3 is 1.68 bits per heavy atom. The summed E-state index contributed by atoms with van der Waals surface area (Å²) in [6.07, 6.45) is 0. The highest BCUT2D eigenvalue weighted by Crippen LogP contribution is 2.56. The fourth-order valence-corrected chi connectivity index (χ4v) is 9.91. The second-order valence-corrected chi connectivity index (χ2v) is 16.1. The molecule has 0 N–H and O–H groups in total. The number of hydrogen-bond acceptors (Lipinski definition) is 6. The van der Waals surface area contributed by atoms with Gasteiger partial charge in [0.15, 0.2) is 23.1 Å². The van der Waals surface area contributed by atoms with E-state index >= 15 is 0 Å². The van der Waals surface area contributed by atoms with Crippen LogP contribution in [0.5, 0.6) is 0 Å². The summed E-state index contributed by atoms with van der Waals surface area (Å²) in [5.41, 5.74) is 13.0. The number of nitrogens with zero attached hydrogens (tertiary/aromatic N) is 4. The Morgan fingerprint density at radius 1 is 0.365 bits per heavy atom. The zero-order valence-corrected chi connectivity index (χ0v) is 33.7. The summed E-state index contributed by atoms with van der Waals surface area (Å²) < 4.78 is 13.3. The number of aromatic nitrogens is 4. The fourth-order valence-electron chi connectivity index (χ4n) is 9.91. The lowest BCUT2D eigenvalue weighted by Gasteiger charge is -2.34. The quantitative estimate of drug-likeness (QED) is 0.167. The van der Waals surface area contributed by atoms with Crippen molar-refractivity contribution in [2.24, 2.45) is 0 Å². The van der Waals surface area contributed by atoms with Gasteiger partial charge >= 0.3 is 0 Å². The van der Waals surface area contributed by atoms with Crippen LogP contribution in [0.1, 0.15) is 22.3 Å². The molecule has 0 amide bonds. The van der Waals surface area contributed by atoms with Crippen LogP contribution in [0.3, 0.4) is 0 Å². The molecule has 6 heteroatoms. The molecule has 12 aromatic rings. The summed E-state index contributed by atoms with van der Waals surface area (Å²) in [6.45, 7) is 0. The second-order valence-electron chi connectivity index (χ2n) is 16.1. The van der Waals surface area contributed by atoms with Gasteiger partial charge in [-0.05, 0) is 80.6 Å². The first-order valence-electron chi connectivity index (χ1n) is 21.1. The predicted molar refractivity (Wildman–Crippen MR) is 251 cm³/mol. The third-order valence-electron chi connectivity index (χ3n) is 12.6. The molecule has 3 heterocycles.